The van der Waals surface area contributed by atoms with Gasteiger partial charge in [-0.05, 0) is 56.1 Å². The number of hydrogen-bond acceptors (Lipinski definition) is 4. The molecule has 1 saturated heterocycles. The lowest BCUT2D eigenvalue weighted by Gasteiger charge is -2.22. The zero-order valence-electron chi connectivity index (χ0n) is 14.6. The van der Waals surface area contributed by atoms with Crippen LogP contribution < -0.4 is 15.5 Å². The normalized spacial score (nSPS) is 13.6. The Morgan fingerprint density at radius 2 is 2.04 bits per heavy atom. The molecular formula is C18H26ClN3O2S. The van der Waals surface area contributed by atoms with Crippen LogP contribution >= 0.6 is 23.8 Å². The van der Waals surface area contributed by atoms with Crippen LogP contribution in [0.1, 0.15) is 38.5 Å². The molecule has 7 heteroatoms. The highest BCUT2D eigenvalue weighted by atomic mass is 35.5. The molecule has 5 nitrogen and oxygen atoms in total. The molecule has 2 N–H and O–H groups in total. The number of hydrogen-bond donors (Lipinski definition) is 2. The Kier molecular flexibility index (Phi) is 8.28. The third kappa shape index (κ3) is 6.71. The number of anilines is 2. The van der Waals surface area contributed by atoms with E-state index in [-0.39, 0.29) is 5.97 Å². The molecule has 1 aliphatic rings. The third-order valence-electron chi connectivity index (χ3n) is 4.22. The Balaban J connectivity index is 1.76. The Morgan fingerprint density at radius 3 is 2.76 bits per heavy atom. The largest absolute Gasteiger partial charge is 0.469 e. The molecule has 1 fully saturated rings. The maximum atomic E-state index is 11.0. The van der Waals surface area contributed by atoms with Crippen molar-refractivity contribution >= 4 is 46.3 Å². The van der Waals surface area contributed by atoms with Crippen molar-refractivity contribution < 1.29 is 9.53 Å². The summed E-state index contributed by atoms with van der Waals surface area (Å²) in [6.45, 7) is 2.90. The van der Waals surface area contributed by atoms with E-state index in [1.165, 1.54) is 20.0 Å². The summed E-state index contributed by atoms with van der Waals surface area (Å²) in [6.07, 6.45) is 5.66. The number of esters is 1. The fraction of sp³-hybridized carbons (Fsp3) is 0.556. The number of thiocarbonyl (C=S) groups is 1. The van der Waals surface area contributed by atoms with Crippen LogP contribution in [0.3, 0.4) is 0 Å². The lowest BCUT2D eigenvalue weighted by atomic mass is 10.2. The van der Waals surface area contributed by atoms with Crippen molar-refractivity contribution in [1.82, 2.24) is 5.32 Å². The monoisotopic (exact) mass is 383 g/mol. The van der Waals surface area contributed by atoms with E-state index >= 15 is 0 Å². The van der Waals surface area contributed by atoms with E-state index < -0.39 is 0 Å². The third-order valence-corrected chi connectivity index (χ3v) is 4.71. The minimum absolute atomic E-state index is 0.152. The van der Waals surface area contributed by atoms with Crippen LogP contribution in [0.2, 0.25) is 5.02 Å². The van der Waals surface area contributed by atoms with Crippen molar-refractivity contribution in [2.24, 2.45) is 0 Å². The van der Waals surface area contributed by atoms with Gasteiger partial charge in [0.2, 0.25) is 0 Å². The van der Waals surface area contributed by atoms with Gasteiger partial charge in [0.05, 0.1) is 18.5 Å². The molecule has 1 aromatic carbocycles. The van der Waals surface area contributed by atoms with Crippen LogP contribution in [0, 0.1) is 0 Å². The second-order valence-corrected chi connectivity index (χ2v) is 6.97. The summed E-state index contributed by atoms with van der Waals surface area (Å²) in [7, 11) is 1.42. The maximum absolute atomic E-state index is 11.0. The Morgan fingerprint density at radius 1 is 1.28 bits per heavy atom. The number of benzene rings is 1. The van der Waals surface area contributed by atoms with Gasteiger partial charge in [0.15, 0.2) is 5.11 Å². The first-order valence-electron chi connectivity index (χ1n) is 8.76. The molecule has 2 rings (SSSR count). The van der Waals surface area contributed by atoms with Crippen LogP contribution in [-0.2, 0) is 9.53 Å². The first kappa shape index (κ1) is 19.8. The summed E-state index contributed by atoms with van der Waals surface area (Å²) in [6, 6.07) is 5.88. The summed E-state index contributed by atoms with van der Waals surface area (Å²) in [5.74, 6) is -0.152. The minimum Gasteiger partial charge on any atom is -0.469 e. The fourth-order valence-corrected chi connectivity index (χ4v) is 3.27. The number of rotatable bonds is 8. The molecule has 1 aromatic rings. The fourth-order valence-electron chi connectivity index (χ4n) is 2.88. The second-order valence-electron chi connectivity index (χ2n) is 6.12. The predicted octanol–water partition coefficient (Wildman–Crippen LogP) is 3.96. The number of nitrogens with one attached hydrogen (secondary N) is 2. The molecule has 0 spiro atoms. The number of ether oxygens (including phenoxy) is 1. The van der Waals surface area contributed by atoms with E-state index in [0.29, 0.717) is 16.6 Å². The van der Waals surface area contributed by atoms with E-state index in [1.54, 1.807) is 0 Å². The van der Waals surface area contributed by atoms with Crippen LogP contribution in [0.5, 0.6) is 0 Å². The van der Waals surface area contributed by atoms with Gasteiger partial charge in [0.1, 0.15) is 0 Å². The zero-order valence-corrected chi connectivity index (χ0v) is 16.2. The van der Waals surface area contributed by atoms with Crippen molar-refractivity contribution in [2.75, 3.05) is 37.0 Å². The number of nitrogens with zero attached hydrogens (tertiary/aromatic N) is 1. The lowest BCUT2D eigenvalue weighted by Crippen LogP contribution is -2.30. The van der Waals surface area contributed by atoms with Gasteiger partial charge in [0.25, 0.3) is 0 Å². The second kappa shape index (κ2) is 10.5. The molecule has 0 saturated carbocycles. The van der Waals surface area contributed by atoms with Crippen molar-refractivity contribution in [3.8, 4) is 0 Å². The van der Waals surface area contributed by atoms with Crippen molar-refractivity contribution in [3.05, 3.63) is 23.2 Å². The Labute approximate surface area is 160 Å². The predicted molar refractivity (Wildman–Crippen MR) is 108 cm³/mol. The highest BCUT2D eigenvalue weighted by molar-refractivity contribution is 7.80. The Hall–Kier alpha value is -1.53. The van der Waals surface area contributed by atoms with Gasteiger partial charge >= 0.3 is 5.97 Å². The highest BCUT2D eigenvalue weighted by Gasteiger charge is 2.16. The molecule has 0 aromatic heterocycles. The molecule has 0 radical (unpaired) electrons. The number of carbonyl (C=O) groups excluding carboxylic acids is 1. The van der Waals surface area contributed by atoms with E-state index in [4.69, 9.17) is 23.8 Å². The first-order valence-corrected chi connectivity index (χ1v) is 9.55. The van der Waals surface area contributed by atoms with E-state index in [0.717, 1.165) is 50.3 Å². The number of halogens is 1. The van der Waals surface area contributed by atoms with Gasteiger partial charge in [-0.15, -0.1) is 0 Å². The van der Waals surface area contributed by atoms with E-state index in [9.17, 15) is 4.79 Å². The number of carbonyl (C=O) groups is 1. The molecule has 1 aliphatic heterocycles. The smallest absolute Gasteiger partial charge is 0.305 e. The molecule has 1 heterocycles. The van der Waals surface area contributed by atoms with Crippen LogP contribution in [0.25, 0.3) is 0 Å². The lowest BCUT2D eigenvalue weighted by molar-refractivity contribution is -0.140. The zero-order chi connectivity index (χ0) is 18.1. The average molecular weight is 384 g/mol. The molecule has 25 heavy (non-hydrogen) atoms. The van der Waals surface area contributed by atoms with Gasteiger partial charge in [-0.25, -0.2) is 0 Å². The molecular weight excluding hydrogens is 358 g/mol. The highest BCUT2D eigenvalue weighted by Crippen LogP contribution is 2.31. The molecule has 0 bridgehead atoms. The minimum atomic E-state index is -0.152. The van der Waals surface area contributed by atoms with Gasteiger partial charge in [-0.1, -0.05) is 18.0 Å². The van der Waals surface area contributed by atoms with Crippen LogP contribution in [0.4, 0.5) is 11.4 Å². The first-order chi connectivity index (χ1) is 12.1. The van der Waals surface area contributed by atoms with Gasteiger partial charge in [0, 0.05) is 31.1 Å². The van der Waals surface area contributed by atoms with Crippen LogP contribution in [-0.4, -0.2) is 37.8 Å². The van der Waals surface area contributed by atoms with Crippen LogP contribution in [0.15, 0.2) is 18.2 Å². The SMILES string of the molecule is COC(=O)CCCCCNC(=S)Nc1cc(Cl)ccc1N1CCCC1. The molecule has 0 aliphatic carbocycles. The summed E-state index contributed by atoms with van der Waals surface area (Å²) < 4.78 is 4.62. The summed E-state index contributed by atoms with van der Waals surface area (Å²) >= 11 is 11.5. The quantitative estimate of drug-likeness (QED) is 0.402. The molecule has 0 amide bonds. The standard InChI is InChI=1S/C18H26ClN3O2S/c1-24-17(23)7-3-2-4-10-20-18(25)21-15-13-14(19)8-9-16(15)22-11-5-6-12-22/h8-9,13H,2-7,10-12H2,1H3,(H2,20,21,25). The molecule has 138 valence electrons. The summed E-state index contributed by atoms with van der Waals surface area (Å²) in [4.78, 5) is 13.4. The van der Waals surface area contributed by atoms with Gasteiger partial charge in [-0.3, -0.25) is 4.79 Å². The van der Waals surface area contributed by atoms with E-state index in [2.05, 4.69) is 20.3 Å². The topological polar surface area (TPSA) is 53.6 Å². The maximum Gasteiger partial charge on any atom is 0.305 e. The summed E-state index contributed by atoms with van der Waals surface area (Å²) in [5.41, 5.74) is 2.08. The van der Waals surface area contributed by atoms with E-state index in [1.807, 2.05) is 18.2 Å². The summed E-state index contributed by atoms with van der Waals surface area (Å²) in [5, 5.41) is 7.76. The average Bonchev–Trinajstić information content (AvgIpc) is 3.12. The Bertz CT molecular complexity index is 592. The van der Waals surface area contributed by atoms with Gasteiger partial charge in [-0.2, -0.15) is 0 Å². The molecule has 0 unspecified atom stereocenters. The van der Waals surface area contributed by atoms with Gasteiger partial charge < -0.3 is 20.3 Å². The molecule has 0 atom stereocenters. The number of unbranched alkanes of at least 4 members (excludes halogenated alkanes) is 2. The van der Waals surface area contributed by atoms with Crippen molar-refractivity contribution in [3.63, 3.8) is 0 Å². The van der Waals surface area contributed by atoms with Crippen molar-refractivity contribution in [2.45, 2.75) is 38.5 Å². The van der Waals surface area contributed by atoms with Crippen molar-refractivity contribution in [1.29, 1.82) is 0 Å². The number of methoxy groups -OCH3 is 1.